The predicted octanol–water partition coefficient (Wildman–Crippen LogP) is 1.49. The molecular formula is C20H21N5O5. The normalized spacial score (nSPS) is 27.3. The van der Waals surface area contributed by atoms with Crippen LogP contribution >= 0.6 is 0 Å². The standard InChI is InChI=1S/C20H21N5O5/c1-20(2)29-14-12(8-26)28-19(15(14)30-20)25-10-23-13-16(21-9-22-17(13)25)24-18(27)11-6-4-3-5-7-11/h3-7,9-10,12,14-15,19,26H,8H2,1-2H3,(H,21,22,24,27)/t12-,14-,15-,19+/m1/s1. The van der Waals surface area contributed by atoms with Crippen molar-refractivity contribution in [1.29, 1.82) is 0 Å². The first-order valence-electron chi connectivity index (χ1n) is 9.63. The van der Waals surface area contributed by atoms with Crippen molar-refractivity contribution >= 4 is 22.9 Å². The van der Waals surface area contributed by atoms with Crippen LogP contribution in [0.5, 0.6) is 0 Å². The molecule has 2 aliphatic rings. The Morgan fingerprint density at radius 3 is 2.70 bits per heavy atom. The van der Waals surface area contributed by atoms with Crippen molar-refractivity contribution in [3.63, 3.8) is 0 Å². The van der Waals surface area contributed by atoms with Gasteiger partial charge < -0.3 is 24.6 Å². The summed E-state index contributed by atoms with van der Waals surface area (Å²) in [6.07, 6.45) is 0.948. The Bertz CT molecular complexity index is 1090. The molecule has 5 rings (SSSR count). The Morgan fingerprint density at radius 1 is 1.17 bits per heavy atom. The highest BCUT2D eigenvalue weighted by molar-refractivity contribution is 6.06. The molecule has 2 fully saturated rings. The minimum Gasteiger partial charge on any atom is -0.394 e. The molecule has 1 aromatic carbocycles. The Labute approximate surface area is 171 Å². The second-order valence-electron chi connectivity index (χ2n) is 7.68. The fourth-order valence-electron chi connectivity index (χ4n) is 3.93. The van der Waals surface area contributed by atoms with Crippen LogP contribution in [-0.4, -0.2) is 61.2 Å². The van der Waals surface area contributed by atoms with Gasteiger partial charge in [0, 0.05) is 5.56 Å². The van der Waals surface area contributed by atoms with Gasteiger partial charge in [-0.15, -0.1) is 0 Å². The second kappa shape index (κ2) is 7.10. The number of imidazole rings is 1. The van der Waals surface area contributed by atoms with Crippen LogP contribution in [0.2, 0.25) is 0 Å². The number of aliphatic hydroxyl groups excluding tert-OH is 1. The van der Waals surface area contributed by atoms with Crippen molar-refractivity contribution in [2.24, 2.45) is 0 Å². The van der Waals surface area contributed by atoms with E-state index >= 15 is 0 Å². The summed E-state index contributed by atoms with van der Waals surface area (Å²) in [6.45, 7) is 3.45. The minimum atomic E-state index is -0.787. The van der Waals surface area contributed by atoms with Gasteiger partial charge in [-0.05, 0) is 26.0 Å². The van der Waals surface area contributed by atoms with Gasteiger partial charge >= 0.3 is 0 Å². The van der Waals surface area contributed by atoms with Crippen molar-refractivity contribution in [3.05, 3.63) is 48.5 Å². The number of fused-ring (bicyclic) bond motifs is 2. The number of aromatic nitrogens is 4. The smallest absolute Gasteiger partial charge is 0.256 e. The molecule has 3 aromatic rings. The van der Waals surface area contributed by atoms with E-state index in [0.29, 0.717) is 22.5 Å². The molecule has 10 heteroatoms. The summed E-state index contributed by atoms with van der Waals surface area (Å²) in [6, 6.07) is 8.84. The maximum Gasteiger partial charge on any atom is 0.256 e. The zero-order valence-electron chi connectivity index (χ0n) is 16.4. The predicted molar refractivity (Wildman–Crippen MR) is 105 cm³/mol. The molecule has 156 valence electrons. The number of ether oxygens (including phenoxy) is 3. The van der Waals surface area contributed by atoms with Gasteiger partial charge in [-0.2, -0.15) is 0 Å². The van der Waals surface area contributed by atoms with Crippen molar-refractivity contribution in [2.45, 2.75) is 44.2 Å². The summed E-state index contributed by atoms with van der Waals surface area (Å²) in [7, 11) is 0. The molecule has 2 saturated heterocycles. The molecule has 0 radical (unpaired) electrons. The minimum absolute atomic E-state index is 0.197. The number of hydrogen-bond acceptors (Lipinski definition) is 8. The SMILES string of the molecule is CC1(C)O[C@@H]2[C@H](O1)[C@@H](CO)O[C@@H]2n1cnc2c(NC(=O)c3ccccc3)ncnc21. The van der Waals surface area contributed by atoms with Crippen LogP contribution in [0.3, 0.4) is 0 Å². The fourth-order valence-corrected chi connectivity index (χ4v) is 3.93. The molecule has 4 heterocycles. The van der Waals surface area contributed by atoms with Gasteiger partial charge in [0.25, 0.3) is 5.91 Å². The van der Waals surface area contributed by atoms with Crippen molar-refractivity contribution in [1.82, 2.24) is 19.5 Å². The lowest BCUT2D eigenvalue weighted by atomic mass is 10.1. The van der Waals surface area contributed by atoms with Crippen molar-refractivity contribution in [2.75, 3.05) is 11.9 Å². The van der Waals surface area contributed by atoms with Crippen molar-refractivity contribution < 1.29 is 24.1 Å². The molecule has 4 atom stereocenters. The summed E-state index contributed by atoms with van der Waals surface area (Å²) >= 11 is 0. The summed E-state index contributed by atoms with van der Waals surface area (Å²) in [5, 5.41) is 12.5. The maximum absolute atomic E-state index is 12.5. The number of carbonyl (C=O) groups is 1. The van der Waals surface area contributed by atoms with Crippen LogP contribution in [0.4, 0.5) is 5.82 Å². The highest BCUT2D eigenvalue weighted by Gasteiger charge is 2.56. The lowest BCUT2D eigenvalue weighted by Crippen LogP contribution is -2.31. The van der Waals surface area contributed by atoms with E-state index in [4.69, 9.17) is 14.2 Å². The highest BCUT2D eigenvalue weighted by Crippen LogP contribution is 2.43. The molecule has 2 N–H and O–H groups in total. The van der Waals surface area contributed by atoms with E-state index in [1.165, 1.54) is 6.33 Å². The van der Waals surface area contributed by atoms with E-state index in [2.05, 4.69) is 20.3 Å². The zero-order chi connectivity index (χ0) is 20.9. The molecule has 0 saturated carbocycles. The molecule has 2 aliphatic heterocycles. The molecular weight excluding hydrogens is 390 g/mol. The van der Waals surface area contributed by atoms with Crippen LogP contribution in [0, 0.1) is 0 Å². The number of amides is 1. The van der Waals surface area contributed by atoms with Crippen molar-refractivity contribution in [3.8, 4) is 0 Å². The molecule has 0 aliphatic carbocycles. The van der Waals surface area contributed by atoms with Crippen LogP contribution in [0.1, 0.15) is 30.4 Å². The first-order chi connectivity index (χ1) is 14.5. The third-order valence-corrected chi connectivity index (χ3v) is 5.21. The van der Waals surface area contributed by atoms with E-state index in [-0.39, 0.29) is 12.5 Å². The summed E-state index contributed by atoms with van der Waals surface area (Å²) in [5.74, 6) is -0.785. The molecule has 2 aromatic heterocycles. The first kappa shape index (κ1) is 19.1. The van der Waals surface area contributed by atoms with E-state index in [9.17, 15) is 9.90 Å². The van der Waals surface area contributed by atoms with Gasteiger partial charge in [-0.25, -0.2) is 15.0 Å². The number of nitrogens with zero attached hydrogens (tertiary/aromatic N) is 4. The number of anilines is 1. The molecule has 1 amide bonds. The number of rotatable bonds is 4. The van der Waals surface area contributed by atoms with Crippen LogP contribution in [0.15, 0.2) is 43.0 Å². The van der Waals surface area contributed by atoms with Gasteiger partial charge in [0.05, 0.1) is 12.9 Å². The second-order valence-corrected chi connectivity index (χ2v) is 7.68. The third kappa shape index (κ3) is 3.14. The molecule has 0 spiro atoms. The first-order valence-corrected chi connectivity index (χ1v) is 9.63. The monoisotopic (exact) mass is 411 g/mol. The highest BCUT2D eigenvalue weighted by atomic mass is 16.8. The van der Waals surface area contributed by atoms with Gasteiger partial charge in [0.15, 0.2) is 29.0 Å². The number of benzene rings is 1. The lowest BCUT2D eigenvalue weighted by Gasteiger charge is -2.24. The van der Waals surface area contributed by atoms with E-state index in [1.54, 1.807) is 35.2 Å². The topological polar surface area (TPSA) is 121 Å². The van der Waals surface area contributed by atoms with Gasteiger partial charge in [-0.1, -0.05) is 18.2 Å². The summed E-state index contributed by atoms with van der Waals surface area (Å²) in [4.78, 5) is 25.4. The molecule has 30 heavy (non-hydrogen) atoms. The van der Waals surface area contributed by atoms with Crippen LogP contribution in [-0.2, 0) is 14.2 Å². The Kier molecular flexibility index (Phi) is 4.51. The summed E-state index contributed by atoms with van der Waals surface area (Å²) < 4.78 is 19.6. The zero-order valence-corrected chi connectivity index (χ0v) is 16.4. The van der Waals surface area contributed by atoms with Gasteiger partial charge in [0.2, 0.25) is 0 Å². The molecule has 0 bridgehead atoms. The van der Waals surface area contributed by atoms with E-state index < -0.39 is 30.3 Å². The quantitative estimate of drug-likeness (QED) is 0.662. The maximum atomic E-state index is 12.5. The largest absolute Gasteiger partial charge is 0.394 e. The fraction of sp³-hybridized carbons (Fsp3) is 0.400. The van der Waals surface area contributed by atoms with Gasteiger partial charge in [0.1, 0.15) is 24.6 Å². The Hall–Kier alpha value is -2.92. The van der Waals surface area contributed by atoms with E-state index in [1.807, 2.05) is 19.9 Å². The van der Waals surface area contributed by atoms with E-state index in [0.717, 1.165) is 0 Å². The summed E-state index contributed by atoms with van der Waals surface area (Å²) in [5.41, 5.74) is 1.41. The molecule has 0 unspecified atom stereocenters. The number of carbonyl (C=O) groups excluding carboxylic acids is 1. The van der Waals surface area contributed by atoms with Crippen LogP contribution in [0.25, 0.3) is 11.2 Å². The average Bonchev–Trinajstić information content (AvgIpc) is 3.39. The Morgan fingerprint density at radius 2 is 1.93 bits per heavy atom. The molecule has 10 nitrogen and oxygen atoms in total. The van der Waals surface area contributed by atoms with Gasteiger partial charge in [-0.3, -0.25) is 9.36 Å². The number of aliphatic hydroxyl groups is 1. The number of nitrogens with one attached hydrogen (secondary N) is 1. The average molecular weight is 411 g/mol. The third-order valence-electron chi connectivity index (χ3n) is 5.21. The van der Waals surface area contributed by atoms with Crippen LogP contribution < -0.4 is 5.32 Å². The lowest BCUT2D eigenvalue weighted by molar-refractivity contribution is -0.199. The Balaban J connectivity index is 1.47. The number of hydrogen-bond donors (Lipinski definition) is 2.